The van der Waals surface area contributed by atoms with Gasteiger partial charge < -0.3 is 4.98 Å². The zero-order valence-electron chi connectivity index (χ0n) is 8.59. The van der Waals surface area contributed by atoms with Crippen LogP contribution in [0.2, 0.25) is 0 Å². The highest BCUT2D eigenvalue weighted by atomic mass is 16.1. The van der Waals surface area contributed by atoms with Crippen LogP contribution in [0.3, 0.4) is 0 Å². The van der Waals surface area contributed by atoms with Crippen molar-refractivity contribution in [1.29, 1.82) is 0 Å². The van der Waals surface area contributed by atoms with E-state index in [1.54, 1.807) is 10.6 Å². The van der Waals surface area contributed by atoms with E-state index in [1.807, 2.05) is 20.8 Å². The molecule has 0 saturated carbocycles. The number of aromatic nitrogens is 3. The number of nitrogens with one attached hydrogen (secondary N) is 1. The Morgan fingerprint density at radius 2 is 2.21 bits per heavy atom. The molecule has 0 aromatic carbocycles. The maximum atomic E-state index is 11.8. The quantitative estimate of drug-likeness (QED) is 0.736. The Bertz CT molecular complexity index is 536. The number of hydrogen-bond acceptors (Lipinski definition) is 2. The van der Waals surface area contributed by atoms with Crippen molar-refractivity contribution in [3.63, 3.8) is 0 Å². The van der Waals surface area contributed by atoms with Gasteiger partial charge in [-0.1, -0.05) is 6.92 Å². The van der Waals surface area contributed by atoms with E-state index in [0.29, 0.717) is 5.78 Å². The zero-order valence-corrected chi connectivity index (χ0v) is 8.59. The summed E-state index contributed by atoms with van der Waals surface area (Å²) in [7, 11) is 0. The first kappa shape index (κ1) is 8.99. The molecule has 4 heteroatoms. The van der Waals surface area contributed by atoms with E-state index in [9.17, 15) is 4.79 Å². The molecule has 0 unspecified atom stereocenters. The Kier molecular flexibility index (Phi) is 1.91. The minimum Gasteiger partial charge on any atom is -0.328 e. The zero-order chi connectivity index (χ0) is 10.3. The van der Waals surface area contributed by atoms with Gasteiger partial charge in [0.25, 0.3) is 5.56 Å². The lowest BCUT2D eigenvalue weighted by molar-refractivity contribution is 0.935. The molecule has 0 bridgehead atoms. The van der Waals surface area contributed by atoms with Crippen molar-refractivity contribution in [2.45, 2.75) is 27.2 Å². The van der Waals surface area contributed by atoms with Gasteiger partial charge >= 0.3 is 0 Å². The van der Waals surface area contributed by atoms with Crippen LogP contribution in [0.4, 0.5) is 0 Å². The van der Waals surface area contributed by atoms with E-state index in [2.05, 4.69) is 9.97 Å². The summed E-state index contributed by atoms with van der Waals surface area (Å²) in [6.45, 7) is 5.73. The van der Waals surface area contributed by atoms with Crippen molar-refractivity contribution in [2.24, 2.45) is 0 Å². The van der Waals surface area contributed by atoms with Gasteiger partial charge in [-0.25, -0.2) is 4.98 Å². The second-order valence-electron chi connectivity index (χ2n) is 3.46. The summed E-state index contributed by atoms with van der Waals surface area (Å²) in [5.74, 6) is 0.634. The molecular weight excluding hydrogens is 178 g/mol. The van der Waals surface area contributed by atoms with Gasteiger partial charge in [0, 0.05) is 17.5 Å². The molecule has 2 aromatic heterocycles. The van der Waals surface area contributed by atoms with E-state index >= 15 is 0 Å². The van der Waals surface area contributed by atoms with Crippen molar-refractivity contribution in [3.05, 3.63) is 33.5 Å². The predicted octanol–water partition coefficient (Wildman–Crippen LogP) is 1.20. The number of nitrogens with zero attached hydrogens (tertiary/aromatic N) is 2. The highest BCUT2D eigenvalue weighted by Crippen LogP contribution is 2.04. The highest BCUT2D eigenvalue weighted by molar-refractivity contribution is 5.34. The van der Waals surface area contributed by atoms with Crippen LogP contribution in [0.25, 0.3) is 5.78 Å². The van der Waals surface area contributed by atoms with Crippen LogP contribution >= 0.6 is 0 Å². The largest absolute Gasteiger partial charge is 0.328 e. The van der Waals surface area contributed by atoms with Gasteiger partial charge in [-0.3, -0.25) is 9.20 Å². The average molecular weight is 191 g/mol. The second-order valence-corrected chi connectivity index (χ2v) is 3.46. The topological polar surface area (TPSA) is 50.2 Å². The molecule has 0 aliphatic heterocycles. The molecule has 1 N–H and O–H groups in total. The monoisotopic (exact) mass is 191 g/mol. The van der Waals surface area contributed by atoms with Crippen molar-refractivity contribution in [3.8, 4) is 0 Å². The average Bonchev–Trinajstić information content (AvgIpc) is 2.52. The smallest absolute Gasteiger partial charge is 0.262 e. The minimum atomic E-state index is 0.0243. The highest BCUT2D eigenvalue weighted by Gasteiger charge is 2.07. The number of fused-ring (bicyclic) bond motifs is 1. The summed E-state index contributed by atoms with van der Waals surface area (Å²) < 4.78 is 1.56. The Labute approximate surface area is 81.6 Å². The summed E-state index contributed by atoms with van der Waals surface area (Å²) in [5.41, 5.74) is 2.62. The van der Waals surface area contributed by atoms with Gasteiger partial charge in [0.1, 0.15) is 0 Å². The van der Waals surface area contributed by atoms with Gasteiger partial charge in [-0.15, -0.1) is 0 Å². The third-order valence-corrected chi connectivity index (χ3v) is 2.43. The third-order valence-electron chi connectivity index (χ3n) is 2.43. The molecule has 14 heavy (non-hydrogen) atoms. The first-order valence-corrected chi connectivity index (χ1v) is 4.71. The van der Waals surface area contributed by atoms with Gasteiger partial charge in [-0.05, 0) is 20.3 Å². The SMILES string of the molecule is CCc1[nH]c2nc(C)cn2c(=O)c1C. The van der Waals surface area contributed by atoms with Crippen LogP contribution < -0.4 is 5.56 Å². The third kappa shape index (κ3) is 1.14. The summed E-state index contributed by atoms with van der Waals surface area (Å²) in [5, 5.41) is 0. The molecule has 0 atom stereocenters. The second kappa shape index (κ2) is 2.97. The molecule has 0 aliphatic carbocycles. The fourth-order valence-corrected chi connectivity index (χ4v) is 1.63. The first-order chi connectivity index (χ1) is 6.63. The van der Waals surface area contributed by atoms with Gasteiger partial charge in [0.15, 0.2) is 0 Å². The number of imidazole rings is 1. The van der Waals surface area contributed by atoms with Gasteiger partial charge in [0.05, 0.1) is 5.69 Å². The summed E-state index contributed by atoms with van der Waals surface area (Å²) in [6.07, 6.45) is 2.57. The van der Waals surface area contributed by atoms with E-state index in [-0.39, 0.29) is 5.56 Å². The molecule has 74 valence electrons. The fraction of sp³-hybridized carbons (Fsp3) is 0.400. The normalized spacial score (nSPS) is 11.1. The van der Waals surface area contributed by atoms with Gasteiger partial charge in [-0.2, -0.15) is 0 Å². The Hall–Kier alpha value is -1.58. The lowest BCUT2D eigenvalue weighted by Gasteiger charge is -2.02. The molecule has 2 rings (SSSR count). The van der Waals surface area contributed by atoms with Crippen molar-refractivity contribution >= 4 is 5.78 Å². The van der Waals surface area contributed by atoms with E-state index in [0.717, 1.165) is 23.4 Å². The Morgan fingerprint density at radius 1 is 1.50 bits per heavy atom. The summed E-state index contributed by atoms with van der Waals surface area (Å²) >= 11 is 0. The summed E-state index contributed by atoms with van der Waals surface area (Å²) in [6, 6.07) is 0. The van der Waals surface area contributed by atoms with E-state index < -0.39 is 0 Å². The maximum absolute atomic E-state index is 11.8. The van der Waals surface area contributed by atoms with Crippen LogP contribution in [0.15, 0.2) is 11.0 Å². The molecule has 2 aromatic rings. The molecule has 0 saturated heterocycles. The van der Waals surface area contributed by atoms with Crippen LogP contribution in [0.1, 0.15) is 23.9 Å². The minimum absolute atomic E-state index is 0.0243. The number of hydrogen-bond donors (Lipinski definition) is 1. The van der Waals surface area contributed by atoms with Crippen LogP contribution in [0.5, 0.6) is 0 Å². The van der Waals surface area contributed by atoms with Gasteiger partial charge in [0.2, 0.25) is 5.78 Å². The molecule has 0 radical (unpaired) electrons. The van der Waals surface area contributed by atoms with Crippen LogP contribution in [-0.2, 0) is 6.42 Å². The van der Waals surface area contributed by atoms with Crippen LogP contribution in [0, 0.1) is 13.8 Å². The van der Waals surface area contributed by atoms with E-state index in [4.69, 9.17) is 0 Å². The molecule has 4 nitrogen and oxygen atoms in total. The predicted molar refractivity (Wildman–Crippen MR) is 54.7 cm³/mol. The lowest BCUT2D eigenvalue weighted by Crippen LogP contribution is -2.18. The molecular formula is C10H13N3O. The number of aromatic amines is 1. The Morgan fingerprint density at radius 3 is 2.86 bits per heavy atom. The molecule has 0 aliphatic rings. The van der Waals surface area contributed by atoms with Crippen LogP contribution in [-0.4, -0.2) is 14.4 Å². The number of H-pyrrole nitrogens is 1. The fourth-order valence-electron chi connectivity index (χ4n) is 1.63. The maximum Gasteiger partial charge on any atom is 0.262 e. The molecule has 0 spiro atoms. The Balaban J connectivity index is 2.91. The van der Waals surface area contributed by atoms with E-state index in [1.165, 1.54) is 0 Å². The lowest BCUT2D eigenvalue weighted by atomic mass is 10.2. The standard InChI is InChI=1S/C10H13N3O/c1-4-8-7(3)9(14)13-5-6(2)11-10(13)12-8/h5H,4H2,1-3H3,(H,11,12). The number of rotatable bonds is 1. The first-order valence-electron chi connectivity index (χ1n) is 4.71. The molecule has 0 fully saturated rings. The number of aryl methyl sites for hydroxylation is 2. The van der Waals surface area contributed by atoms with Crippen molar-refractivity contribution < 1.29 is 0 Å². The molecule has 2 heterocycles. The molecule has 0 amide bonds. The summed E-state index contributed by atoms with van der Waals surface area (Å²) in [4.78, 5) is 19.2. The van der Waals surface area contributed by atoms with Crippen molar-refractivity contribution in [2.75, 3.05) is 0 Å². The van der Waals surface area contributed by atoms with Crippen molar-refractivity contribution in [1.82, 2.24) is 14.4 Å².